The third kappa shape index (κ3) is 3.52. The minimum Gasteiger partial charge on any atom is -0.508 e. The molecule has 154 valence electrons. The highest BCUT2D eigenvalue weighted by Gasteiger charge is 2.52. The molecule has 0 aromatic heterocycles. The Hall–Kier alpha value is -1.32. The summed E-state index contributed by atoms with van der Waals surface area (Å²) >= 11 is 0. The van der Waals surface area contributed by atoms with Gasteiger partial charge >= 0.3 is 0 Å². The molecule has 0 aliphatic heterocycles. The summed E-state index contributed by atoms with van der Waals surface area (Å²) in [5.41, 5.74) is 6.48. The summed E-state index contributed by atoms with van der Waals surface area (Å²) in [6.07, 6.45) is 7.60. The van der Waals surface area contributed by atoms with E-state index in [2.05, 4.69) is 38.9 Å². The monoisotopic (exact) mass is 383 g/mol. The SMILES string of the molecule is C/C(COCCN(C)C)=C1/CCC2C3CCc4cc(O)ccc4C3CCC12C. The maximum absolute atomic E-state index is 9.87. The Morgan fingerprint density at radius 1 is 1.21 bits per heavy atom. The second kappa shape index (κ2) is 7.84. The Balaban J connectivity index is 1.51. The molecule has 4 unspecified atom stereocenters. The summed E-state index contributed by atoms with van der Waals surface area (Å²) < 4.78 is 5.98. The van der Waals surface area contributed by atoms with Gasteiger partial charge in [-0.25, -0.2) is 0 Å². The van der Waals surface area contributed by atoms with Gasteiger partial charge in [0.1, 0.15) is 5.75 Å². The highest BCUT2D eigenvalue weighted by atomic mass is 16.5. The van der Waals surface area contributed by atoms with Crippen molar-refractivity contribution in [2.45, 2.75) is 58.3 Å². The standard InChI is InChI=1S/C25H37NO2/c1-17(16-28-14-13-26(3)4)23-9-10-24-22-7-5-18-15-19(27)6-8-20(18)21(22)11-12-25(23,24)2/h6,8,15,21-22,24,27H,5,7,9-14,16H2,1-4H3/b23-17+. The summed E-state index contributed by atoms with van der Waals surface area (Å²) in [6.45, 7) is 7.45. The second-order valence-electron chi connectivity index (χ2n) is 9.91. The van der Waals surface area contributed by atoms with Crippen LogP contribution in [0.15, 0.2) is 29.3 Å². The van der Waals surface area contributed by atoms with Gasteiger partial charge in [0.15, 0.2) is 0 Å². The van der Waals surface area contributed by atoms with Crippen molar-refractivity contribution in [3.05, 3.63) is 40.5 Å². The highest BCUT2D eigenvalue weighted by molar-refractivity contribution is 5.41. The van der Waals surface area contributed by atoms with E-state index in [0.29, 0.717) is 17.1 Å². The van der Waals surface area contributed by atoms with Gasteiger partial charge in [-0.2, -0.15) is 0 Å². The van der Waals surface area contributed by atoms with Crippen LogP contribution in [-0.2, 0) is 11.2 Å². The first-order chi connectivity index (χ1) is 13.4. The van der Waals surface area contributed by atoms with Crippen molar-refractivity contribution >= 4 is 0 Å². The van der Waals surface area contributed by atoms with Crippen LogP contribution in [0.2, 0.25) is 0 Å². The maximum atomic E-state index is 9.87. The third-order valence-corrected chi connectivity index (χ3v) is 8.01. The van der Waals surface area contributed by atoms with E-state index in [1.807, 2.05) is 12.1 Å². The van der Waals surface area contributed by atoms with Gasteiger partial charge in [0.25, 0.3) is 0 Å². The van der Waals surface area contributed by atoms with Gasteiger partial charge in [-0.3, -0.25) is 0 Å². The summed E-state index contributed by atoms with van der Waals surface area (Å²) in [5, 5.41) is 9.87. The largest absolute Gasteiger partial charge is 0.508 e. The average Bonchev–Trinajstić information content (AvgIpc) is 3.01. The average molecular weight is 384 g/mol. The Kier molecular flexibility index (Phi) is 5.59. The van der Waals surface area contributed by atoms with Crippen LogP contribution in [0.3, 0.4) is 0 Å². The summed E-state index contributed by atoms with van der Waals surface area (Å²) in [5.74, 6) is 2.72. The minimum atomic E-state index is 0.366. The molecule has 2 saturated carbocycles. The lowest BCUT2D eigenvalue weighted by Gasteiger charge is -2.50. The first-order valence-corrected chi connectivity index (χ1v) is 11.1. The number of likely N-dealkylation sites (N-methyl/N-ethyl adjacent to an activating group) is 1. The molecule has 4 atom stereocenters. The Labute approximate surface area is 170 Å². The molecule has 3 aliphatic carbocycles. The molecule has 3 aliphatic rings. The van der Waals surface area contributed by atoms with E-state index in [-0.39, 0.29) is 0 Å². The molecule has 1 aromatic carbocycles. The Bertz CT molecular complexity index is 753. The molecule has 3 heteroatoms. The van der Waals surface area contributed by atoms with Gasteiger partial charge in [-0.15, -0.1) is 0 Å². The van der Waals surface area contributed by atoms with E-state index in [0.717, 1.165) is 38.0 Å². The number of rotatable bonds is 5. The lowest BCUT2D eigenvalue weighted by Crippen LogP contribution is -2.40. The fraction of sp³-hybridized carbons (Fsp3) is 0.680. The van der Waals surface area contributed by atoms with Crippen LogP contribution in [-0.4, -0.2) is 43.9 Å². The molecular weight excluding hydrogens is 346 g/mol. The Morgan fingerprint density at radius 2 is 2.04 bits per heavy atom. The van der Waals surface area contributed by atoms with Crippen LogP contribution in [0.1, 0.15) is 63.0 Å². The maximum Gasteiger partial charge on any atom is 0.115 e. The number of phenolic OH excluding ortho intramolecular Hbond substituents is 1. The van der Waals surface area contributed by atoms with Gasteiger partial charge in [0.05, 0.1) is 13.2 Å². The van der Waals surface area contributed by atoms with Gasteiger partial charge in [0.2, 0.25) is 0 Å². The molecule has 0 amide bonds. The molecular formula is C25H37NO2. The molecule has 1 N–H and O–H groups in total. The van der Waals surface area contributed by atoms with E-state index in [9.17, 15) is 5.11 Å². The zero-order valence-electron chi connectivity index (χ0n) is 18.1. The number of aryl methyl sites for hydroxylation is 1. The molecule has 1 aromatic rings. The number of aromatic hydroxyl groups is 1. The molecule has 28 heavy (non-hydrogen) atoms. The smallest absolute Gasteiger partial charge is 0.115 e. The van der Waals surface area contributed by atoms with Crippen LogP contribution in [0.4, 0.5) is 0 Å². The van der Waals surface area contributed by atoms with Crippen LogP contribution in [0, 0.1) is 17.3 Å². The normalized spacial score (nSPS) is 33.4. The Morgan fingerprint density at radius 3 is 2.82 bits per heavy atom. The second-order valence-corrected chi connectivity index (χ2v) is 9.91. The van der Waals surface area contributed by atoms with Crippen LogP contribution in [0.5, 0.6) is 5.75 Å². The van der Waals surface area contributed by atoms with E-state index >= 15 is 0 Å². The predicted octanol–water partition coefficient (Wildman–Crippen LogP) is 5.14. The molecule has 4 rings (SSSR count). The lowest BCUT2D eigenvalue weighted by molar-refractivity contribution is 0.0792. The lowest BCUT2D eigenvalue weighted by atomic mass is 9.55. The number of allylic oxidation sites excluding steroid dienone is 1. The van der Waals surface area contributed by atoms with Gasteiger partial charge in [0, 0.05) is 6.54 Å². The molecule has 0 radical (unpaired) electrons. The first kappa shape index (κ1) is 20.0. The number of phenols is 1. The fourth-order valence-corrected chi connectivity index (χ4v) is 6.64. The van der Waals surface area contributed by atoms with E-state index in [1.54, 1.807) is 5.57 Å². The summed E-state index contributed by atoms with van der Waals surface area (Å²) in [6, 6.07) is 6.11. The molecule has 2 fully saturated rings. The van der Waals surface area contributed by atoms with Crippen LogP contribution in [0.25, 0.3) is 0 Å². The van der Waals surface area contributed by atoms with E-state index in [4.69, 9.17) is 4.74 Å². The zero-order valence-corrected chi connectivity index (χ0v) is 18.1. The summed E-state index contributed by atoms with van der Waals surface area (Å²) in [4.78, 5) is 2.18. The third-order valence-electron chi connectivity index (χ3n) is 8.01. The van der Waals surface area contributed by atoms with Crippen molar-refractivity contribution < 1.29 is 9.84 Å². The van der Waals surface area contributed by atoms with Crippen molar-refractivity contribution in [2.24, 2.45) is 17.3 Å². The van der Waals surface area contributed by atoms with E-state index in [1.165, 1.54) is 48.8 Å². The van der Waals surface area contributed by atoms with Crippen molar-refractivity contribution in [2.75, 3.05) is 33.9 Å². The van der Waals surface area contributed by atoms with Gasteiger partial charge in [-0.1, -0.05) is 18.6 Å². The van der Waals surface area contributed by atoms with Gasteiger partial charge < -0.3 is 14.7 Å². The first-order valence-electron chi connectivity index (χ1n) is 11.1. The topological polar surface area (TPSA) is 32.7 Å². The number of nitrogens with zero attached hydrogens (tertiary/aromatic N) is 1. The number of hydrogen-bond acceptors (Lipinski definition) is 3. The van der Waals surface area contributed by atoms with Crippen LogP contribution >= 0.6 is 0 Å². The predicted molar refractivity (Wildman–Crippen MR) is 115 cm³/mol. The highest BCUT2D eigenvalue weighted by Crippen LogP contribution is 2.63. The number of fused-ring (bicyclic) bond motifs is 5. The van der Waals surface area contributed by atoms with Crippen LogP contribution < -0.4 is 0 Å². The number of benzene rings is 1. The minimum absolute atomic E-state index is 0.366. The number of hydrogen-bond donors (Lipinski definition) is 1. The molecule has 0 spiro atoms. The fourth-order valence-electron chi connectivity index (χ4n) is 6.64. The van der Waals surface area contributed by atoms with Crippen molar-refractivity contribution in [1.29, 1.82) is 0 Å². The molecule has 0 heterocycles. The molecule has 0 bridgehead atoms. The molecule has 3 nitrogen and oxygen atoms in total. The van der Waals surface area contributed by atoms with Crippen molar-refractivity contribution in [3.63, 3.8) is 0 Å². The number of ether oxygens (including phenoxy) is 1. The quantitative estimate of drug-likeness (QED) is 0.564. The molecule has 0 saturated heterocycles. The summed E-state index contributed by atoms with van der Waals surface area (Å²) in [7, 11) is 4.19. The van der Waals surface area contributed by atoms with Gasteiger partial charge in [-0.05, 0) is 112 Å². The van der Waals surface area contributed by atoms with Crippen molar-refractivity contribution in [3.8, 4) is 5.75 Å². The van der Waals surface area contributed by atoms with Crippen molar-refractivity contribution in [1.82, 2.24) is 4.90 Å². The zero-order chi connectivity index (χ0) is 19.9. The van der Waals surface area contributed by atoms with E-state index < -0.39 is 0 Å².